The number of nitrogens with zero attached hydrogens (tertiary/aromatic N) is 3. The van der Waals surface area contributed by atoms with Gasteiger partial charge in [-0.2, -0.15) is 0 Å². The average Bonchev–Trinajstić information content (AvgIpc) is 2.98. The van der Waals surface area contributed by atoms with Gasteiger partial charge in [-0.25, -0.2) is 9.50 Å². The van der Waals surface area contributed by atoms with Crippen molar-refractivity contribution in [3.05, 3.63) is 54.0 Å². The van der Waals surface area contributed by atoms with Crippen LogP contribution in [-0.2, 0) is 16.1 Å². The molecule has 0 spiro atoms. The molecule has 0 saturated heterocycles. The van der Waals surface area contributed by atoms with Crippen molar-refractivity contribution in [2.24, 2.45) is 0 Å². The quantitative estimate of drug-likeness (QED) is 0.751. The van der Waals surface area contributed by atoms with Crippen LogP contribution in [0.15, 0.2) is 42.6 Å². The molecule has 7 nitrogen and oxygen atoms in total. The van der Waals surface area contributed by atoms with Crippen LogP contribution in [0.1, 0.15) is 11.4 Å². The fourth-order valence-corrected chi connectivity index (χ4v) is 2.21. The second kappa shape index (κ2) is 7.10. The summed E-state index contributed by atoms with van der Waals surface area (Å²) in [6.07, 6.45) is 1.76. The third kappa shape index (κ3) is 3.69. The summed E-state index contributed by atoms with van der Waals surface area (Å²) >= 11 is 0. The molecule has 0 atom stereocenters. The van der Waals surface area contributed by atoms with Crippen LogP contribution in [0, 0.1) is 6.92 Å². The van der Waals surface area contributed by atoms with Gasteiger partial charge in [-0.15, -0.1) is 5.10 Å². The van der Waals surface area contributed by atoms with Crippen molar-refractivity contribution in [2.75, 3.05) is 19.0 Å². The summed E-state index contributed by atoms with van der Waals surface area (Å²) in [5.41, 5.74) is 2.27. The van der Waals surface area contributed by atoms with Crippen LogP contribution >= 0.6 is 0 Å². The summed E-state index contributed by atoms with van der Waals surface area (Å²) in [6, 6.07) is 11.1. The lowest BCUT2D eigenvalue weighted by molar-refractivity contribution is -0.118. The Hall–Kier alpha value is -2.93. The SMILES string of the molecule is COCc1nc2c(NC(=O)COc3ccc(C)cc3)cccn2n1. The van der Waals surface area contributed by atoms with E-state index in [0.717, 1.165) is 5.56 Å². The Morgan fingerprint density at radius 3 is 2.79 bits per heavy atom. The highest BCUT2D eigenvalue weighted by atomic mass is 16.5. The summed E-state index contributed by atoms with van der Waals surface area (Å²) < 4.78 is 12.1. The molecular weight excluding hydrogens is 308 g/mol. The van der Waals surface area contributed by atoms with E-state index in [4.69, 9.17) is 9.47 Å². The lowest BCUT2D eigenvalue weighted by Gasteiger charge is -2.08. The minimum absolute atomic E-state index is 0.0802. The van der Waals surface area contributed by atoms with Crippen molar-refractivity contribution < 1.29 is 14.3 Å². The third-order valence-corrected chi connectivity index (χ3v) is 3.34. The summed E-state index contributed by atoms with van der Waals surface area (Å²) in [7, 11) is 1.58. The number of aryl methyl sites for hydroxylation is 1. The molecule has 0 saturated carbocycles. The van der Waals surface area contributed by atoms with E-state index < -0.39 is 0 Å². The number of methoxy groups -OCH3 is 1. The molecule has 3 aromatic rings. The van der Waals surface area contributed by atoms with E-state index >= 15 is 0 Å². The molecule has 1 N–H and O–H groups in total. The fourth-order valence-electron chi connectivity index (χ4n) is 2.21. The Balaban J connectivity index is 1.67. The topological polar surface area (TPSA) is 77.8 Å². The van der Waals surface area contributed by atoms with Crippen LogP contribution in [0.2, 0.25) is 0 Å². The van der Waals surface area contributed by atoms with Gasteiger partial charge in [0.15, 0.2) is 18.1 Å². The van der Waals surface area contributed by atoms with E-state index in [1.807, 2.05) is 31.2 Å². The molecule has 0 aliphatic carbocycles. The van der Waals surface area contributed by atoms with Gasteiger partial charge >= 0.3 is 0 Å². The molecule has 24 heavy (non-hydrogen) atoms. The Kier molecular flexibility index (Phi) is 4.72. The lowest BCUT2D eigenvalue weighted by Crippen LogP contribution is -2.20. The molecule has 0 aliphatic rings. The van der Waals surface area contributed by atoms with Crippen molar-refractivity contribution in [2.45, 2.75) is 13.5 Å². The Morgan fingerprint density at radius 1 is 1.25 bits per heavy atom. The molecule has 2 heterocycles. The first-order chi connectivity index (χ1) is 11.7. The number of pyridine rings is 1. The number of amides is 1. The molecular formula is C17H18N4O3. The Labute approximate surface area is 139 Å². The second-order valence-corrected chi connectivity index (χ2v) is 5.30. The smallest absolute Gasteiger partial charge is 0.262 e. The number of fused-ring (bicyclic) bond motifs is 1. The predicted octanol–water partition coefficient (Wildman–Crippen LogP) is 2.20. The maximum absolute atomic E-state index is 12.1. The number of carbonyl (C=O) groups excluding carboxylic acids is 1. The van der Waals surface area contributed by atoms with Gasteiger partial charge in [-0.05, 0) is 31.2 Å². The molecule has 0 fully saturated rings. The molecule has 0 aliphatic heterocycles. The van der Waals surface area contributed by atoms with Crippen LogP contribution in [0.25, 0.3) is 5.65 Å². The number of rotatable bonds is 6. The summed E-state index contributed by atoms with van der Waals surface area (Å²) in [5, 5.41) is 7.06. The van der Waals surface area contributed by atoms with Crippen LogP contribution in [0.4, 0.5) is 5.69 Å². The van der Waals surface area contributed by atoms with E-state index in [1.165, 1.54) is 0 Å². The van der Waals surface area contributed by atoms with Gasteiger partial charge < -0.3 is 14.8 Å². The standard InChI is InChI=1S/C17H18N4O3/c1-12-5-7-13(8-6-12)24-11-16(22)18-14-4-3-9-21-17(14)19-15(20-21)10-23-2/h3-9H,10-11H2,1-2H3,(H,18,22). The largest absolute Gasteiger partial charge is 0.484 e. The summed E-state index contributed by atoms with van der Waals surface area (Å²) in [5.74, 6) is 0.939. The molecule has 0 bridgehead atoms. The number of aromatic nitrogens is 3. The molecule has 3 rings (SSSR count). The number of anilines is 1. The summed E-state index contributed by atoms with van der Waals surface area (Å²) in [6.45, 7) is 2.22. The molecule has 1 amide bonds. The van der Waals surface area contributed by atoms with Gasteiger partial charge in [-0.3, -0.25) is 4.79 Å². The van der Waals surface area contributed by atoms with Crippen molar-refractivity contribution in [3.63, 3.8) is 0 Å². The molecule has 2 aromatic heterocycles. The van der Waals surface area contributed by atoms with Gasteiger partial charge in [-0.1, -0.05) is 17.7 Å². The first kappa shape index (κ1) is 15.9. The fraction of sp³-hybridized carbons (Fsp3) is 0.235. The molecule has 0 unspecified atom stereocenters. The van der Waals surface area contributed by atoms with Crippen LogP contribution in [0.5, 0.6) is 5.75 Å². The van der Waals surface area contributed by atoms with E-state index in [-0.39, 0.29) is 12.5 Å². The van der Waals surface area contributed by atoms with Crippen molar-refractivity contribution >= 4 is 17.2 Å². The first-order valence-corrected chi connectivity index (χ1v) is 7.48. The van der Waals surface area contributed by atoms with E-state index in [9.17, 15) is 4.79 Å². The molecule has 1 aromatic carbocycles. The monoisotopic (exact) mass is 326 g/mol. The van der Waals surface area contributed by atoms with Gasteiger partial charge in [0.1, 0.15) is 12.4 Å². The number of hydrogen-bond acceptors (Lipinski definition) is 5. The average molecular weight is 326 g/mol. The van der Waals surface area contributed by atoms with Gasteiger partial charge in [0.2, 0.25) is 0 Å². The third-order valence-electron chi connectivity index (χ3n) is 3.34. The van der Waals surface area contributed by atoms with Gasteiger partial charge in [0, 0.05) is 13.3 Å². The van der Waals surface area contributed by atoms with Crippen LogP contribution in [-0.4, -0.2) is 34.2 Å². The maximum atomic E-state index is 12.1. The van der Waals surface area contributed by atoms with Crippen LogP contribution < -0.4 is 10.1 Å². The number of ether oxygens (including phenoxy) is 2. The highest BCUT2D eigenvalue weighted by Crippen LogP contribution is 2.15. The normalized spacial score (nSPS) is 10.8. The zero-order valence-corrected chi connectivity index (χ0v) is 13.5. The summed E-state index contributed by atoms with van der Waals surface area (Å²) in [4.78, 5) is 16.5. The van der Waals surface area contributed by atoms with Crippen molar-refractivity contribution in [1.82, 2.24) is 14.6 Å². The van der Waals surface area contributed by atoms with E-state index in [2.05, 4.69) is 15.4 Å². The Bertz CT molecular complexity index is 843. The van der Waals surface area contributed by atoms with Crippen LogP contribution in [0.3, 0.4) is 0 Å². The Morgan fingerprint density at radius 2 is 2.04 bits per heavy atom. The molecule has 0 radical (unpaired) electrons. The number of carbonyl (C=O) groups is 1. The predicted molar refractivity (Wildman–Crippen MR) is 89.0 cm³/mol. The highest BCUT2D eigenvalue weighted by molar-refractivity contribution is 5.95. The highest BCUT2D eigenvalue weighted by Gasteiger charge is 2.11. The van der Waals surface area contributed by atoms with Gasteiger partial charge in [0.25, 0.3) is 5.91 Å². The molecule has 7 heteroatoms. The van der Waals surface area contributed by atoms with Gasteiger partial charge in [0.05, 0.1) is 5.69 Å². The number of hydrogen-bond donors (Lipinski definition) is 1. The number of benzene rings is 1. The zero-order chi connectivity index (χ0) is 16.9. The first-order valence-electron chi connectivity index (χ1n) is 7.48. The van der Waals surface area contributed by atoms with Crippen molar-refractivity contribution in [1.29, 1.82) is 0 Å². The van der Waals surface area contributed by atoms with E-state index in [1.54, 1.807) is 30.0 Å². The maximum Gasteiger partial charge on any atom is 0.262 e. The zero-order valence-electron chi connectivity index (χ0n) is 13.5. The number of nitrogens with one attached hydrogen (secondary N) is 1. The lowest BCUT2D eigenvalue weighted by atomic mass is 10.2. The van der Waals surface area contributed by atoms with E-state index in [0.29, 0.717) is 29.5 Å². The van der Waals surface area contributed by atoms with Crippen molar-refractivity contribution in [3.8, 4) is 5.75 Å². The minimum atomic E-state index is -0.264. The second-order valence-electron chi connectivity index (χ2n) is 5.30. The molecule has 124 valence electrons. The minimum Gasteiger partial charge on any atom is -0.484 e.